The van der Waals surface area contributed by atoms with Crippen LogP contribution in [0, 0.1) is 27.7 Å². The minimum atomic E-state index is -0.460. The summed E-state index contributed by atoms with van der Waals surface area (Å²) in [6, 6.07) is 1.73. The number of hydrogen-bond donors (Lipinski definition) is 1. The third kappa shape index (κ3) is 2.91. The first kappa shape index (κ1) is 14.7. The van der Waals surface area contributed by atoms with Crippen LogP contribution in [0.2, 0.25) is 0 Å². The molecule has 1 aromatic rings. The van der Waals surface area contributed by atoms with Crippen LogP contribution in [-0.4, -0.2) is 30.9 Å². The predicted molar refractivity (Wildman–Crippen MR) is 75.8 cm³/mol. The van der Waals surface area contributed by atoms with Crippen LogP contribution < -0.4 is 5.73 Å². The van der Waals surface area contributed by atoms with Crippen LogP contribution >= 0.6 is 0 Å². The summed E-state index contributed by atoms with van der Waals surface area (Å²) in [6.45, 7) is 8.41. The Balaban J connectivity index is 3.08. The molecule has 0 heterocycles. The Kier molecular flexibility index (Phi) is 4.52. The lowest BCUT2D eigenvalue weighted by atomic mass is 9.90. The molecule has 0 bridgehead atoms. The Hall–Kier alpha value is -1.35. The molecular weight excluding hydrogens is 224 g/mol. The summed E-state index contributed by atoms with van der Waals surface area (Å²) in [4.78, 5) is 13.4. The fourth-order valence-corrected chi connectivity index (χ4v) is 2.24. The van der Waals surface area contributed by atoms with Gasteiger partial charge in [-0.15, -0.1) is 0 Å². The van der Waals surface area contributed by atoms with Gasteiger partial charge in [0.15, 0.2) is 0 Å². The zero-order valence-electron chi connectivity index (χ0n) is 12.3. The molecule has 0 saturated heterocycles. The molecular formula is C15H24N2O. The van der Waals surface area contributed by atoms with Gasteiger partial charge in [-0.2, -0.15) is 0 Å². The first-order valence-electron chi connectivity index (χ1n) is 6.28. The van der Waals surface area contributed by atoms with E-state index in [1.165, 1.54) is 27.8 Å². The lowest BCUT2D eigenvalue weighted by Gasteiger charge is -2.20. The van der Waals surface area contributed by atoms with Crippen LogP contribution in [0.3, 0.4) is 0 Å². The summed E-state index contributed by atoms with van der Waals surface area (Å²) >= 11 is 0. The van der Waals surface area contributed by atoms with Crippen molar-refractivity contribution < 1.29 is 4.79 Å². The first-order chi connectivity index (χ1) is 8.25. The second-order valence-corrected chi connectivity index (χ2v) is 5.28. The van der Waals surface area contributed by atoms with Crippen molar-refractivity contribution in [1.29, 1.82) is 0 Å². The third-order valence-electron chi connectivity index (χ3n) is 3.70. The van der Waals surface area contributed by atoms with Crippen LogP contribution in [0.5, 0.6) is 0 Å². The SMILES string of the molecule is Cc1cc(C)c(C)c(CC(N)C(=O)N(C)C)c1C. The highest BCUT2D eigenvalue weighted by atomic mass is 16.2. The topological polar surface area (TPSA) is 46.3 Å². The Bertz CT molecular complexity index is 438. The zero-order valence-corrected chi connectivity index (χ0v) is 12.3. The summed E-state index contributed by atoms with van der Waals surface area (Å²) in [5.74, 6) is -0.0204. The molecule has 18 heavy (non-hydrogen) atoms. The van der Waals surface area contributed by atoms with E-state index in [1.807, 2.05) is 0 Å². The minimum Gasteiger partial charge on any atom is -0.347 e. The molecule has 100 valence electrons. The number of likely N-dealkylation sites (N-methyl/N-ethyl adjacent to an activating group) is 1. The summed E-state index contributed by atoms with van der Waals surface area (Å²) in [5.41, 5.74) is 12.2. The average molecular weight is 248 g/mol. The number of nitrogens with two attached hydrogens (primary N) is 1. The second-order valence-electron chi connectivity index (χ2n) is 5.28. The van der Waals surface area contributed by atoms with Gasteiger partial charge in [-0.1, -0.05) is 6.07 Å². The molecule has 0 aliphatic carbocycles. The smallest absolute Gasteiger partial charge is 0.239 e. The fourth-order valence-electron chi connectivity index (χ4n) is 2.24. The molecule has 1 amide bonds. The van der Waals surface area contributed by atoms with Crippen LogP contribution in [0.15, 0.2) is 6.07 Å². The van der Waals surface area contributed by atoms with Crippen molar-refractivity contribution in [3.05, 3.63) is 33.9 Å². The maximum absolute atomic E-state index is 11.8. The van der Waals surface area contributed by atoms with Crippen molar-refractivity contribution in [2.75, 3.05) is 14.1 Å². The van der Waals surface area contributed by atoms with E-state index in [0.29, 0.717) is 6.42 Å². The average Bonchev–Trinajstić information content (AvgIpc) is 2.30. The lowest BCUT2D eigenvalue weighted by Crippen LogP contribution is -2.41. The molecule has 0 spiro atoms. The van der Waals surface area contributed by atoms with E-state index in [0.717, 1.165) is 0 Å². The molecule has 1 atom stereocenters. The van der Waals surface area contributed by atoms with E-state index >= 15 is 0 Å². The summed E-state index contributed by atoms with van der Waals surface area (Å²) in [6.07, 6.45) is 0.608. The standard InChI is InChI=1S/C15H24N2O/c1-9-7-10(2)12(4)13(11(9)3)8-14(16)15(18)17(5)6/h7,14H,8,16H2,1-6H3. The Morgan fingerprint density at radius 3 is 2.00 bits per heavy atom. The van der Waals surface area contributed by atoms with Crippen LogP contribution in [0.4, 0.5) is 0 Å². The molecule has 3 heteroatoms. The number of rotatable bonds is 3. The molecule has 1 aromatic carbocycles. The first-order valence-corrected chi connectivity index (χ1v) is 6.28. The van der Waals surface area contributed by atoms with E-state index in [9.17, 15) is 4.79 Å². The van der Waals surface area contributed by atoms with Gasteiger partial charge in [0.05, 0.1) is 6.04 Å². The van der Waals surface area contributed by atoms with Crippen LogP contribution in [0.25, 0.3) is 0 Å². The summed E-state index contributed by atoms with van der Waals surface area (Å²) < 4.78 is 0. The van der Waals surface area contributed by atoms with Gasteiger partial charge < -0.3 is 10.6 Å². The van der Waals surface area contributed by atoms with E-state index < -0.39 is 6.04 Å². The van der Waals surface area contributed by atoms with Gasteiger partial charge in [-0.05, 0) is 61.9 Å². The van der Waals surface area contributed by atoms with Crippen molar-refractivity contribution in [3.63, 3.8) is 0 Å². The van der Waals surface area contributed by atoms with Crippen molar-refractivity contribution in [1.82, 2.24) is 4.90 Å². The number of benzene rings is 1. The van der Waals surface area contributed by atoms with Gasteiger partial charge >= 0.3 is 0 Å². The number of amides is 1. The summed E-state index contributed by atoms with van der Waals surface area (Å²) in [7, 11) is 3.48. The highest BCUT2D eigenvalue weighted by Crippen LogP contribution is 2.22. The number of nitrogens with zero attached hydrogens (tertiary/aromatic N) is 1. The van der Waals surface area contributed by atoms with Gasteiger partial charge in [-0.25, -0.2) is 0 Å². The Labute approximate surface area is 110 Å². The van der Waals surface area contributed by atoms with Gasteiger partial charge in [0.2, 0.25) is 5.91 Å². The lowest BCUT2D eigenvalue weighted by molar-refractivity contribution is -0.130. The van der Waals surface area contributed by atoms with Crippen molar-refractivity contribution in [3.8, 4) is 0 Å². The van der Waals surface area contributed by atoms with Gasteiger partial charge in [0.1, 0.15) is 0 Å². The highest BCUT2D eigenvalue weighted by molar-refractivity contribution is 5.81. The van der Waals surface area contributed by atoms with Crippen LogP contribution in [0.1, 0.15) is 27.8 Å². The number of carbonyl (C=O) groups excluding carboxylic acids is 1. The Morgan fingerprint density at radius 1 is 1.17 bits per heavy atom. The highest BCUT2D eigenvalue weighted by Gasteiger charge is 2.19. The maximum Gasteiger partial charge on any atom is 0.239 e. The second kappa shape index (κ2) is 5.53. The molecule has 1 unspecified atom stereocenters. The van der Waals surface area contributed by atoms with Crippen molar-refractivity contribution in [2.24, 2.45) is 5.73 Å². The number of aryl methyl sites for hydroxylation is 2. The predicted octanol–water partition coefficient (Wildman–Crippen LogP) is 1.88. The van der Waals surface area contributed by atoms with Gasteiger partial charge in [-0.3, -0.25) is 4.79 Å². The molecule has 1 rings (SSSR count). The Morgan fingerprint density at radius 2 is 1.61 bits per heavy atom. The van der Waals surface area contributed by atoms with E-state index in [2.05, 4.69) is 33.8 Å². The monoisotopic (exact) mass is 248 g/mol. The molecule has 0 radical (unpaired) electrons. The van der Waals surface area contributed by atoms with Gasteiger partial charge in [0.25, 0.3) is 0 Å². The van der Waals surface area contributed by atoms with E-state index in [4.69, 9.17) is 5.73 Å². The normalized spacial score (nSPS) is 12.4. The molecule has 0 aliphatic heterocycles. The van der Waals surface area contributed by atoms with Crippen LogP contribution in [-0.2, 0) is 11.2 Å². The quantitative estimate of drug-likeness (QED) is 0.887. The largest absolute Gasteiger partial charge is 0.347 e. The maximum atomic E-state index is 11.8. The minimum absolute atomic E-state index is 0.0204. The molecule has 0 fully saturated rings. The third-order valence-corrected chi connectivity index (χ3v) is 3.70. The fraction of sp³-hybridized carbons (Fsp3) is 0.533. The van der Waals surface area contributed by atoms with Gasteiger partial charge in [0, 0.05) is 14.1 Å². The molecule has 0 aromatic heterocycles. The van der Waals surface area contributed by atoms with E-state index in [-0.39, 0.29) is 5.91 Å². The summed E-state index contributed by atoms with van der Waals surface area (Å²) in [5, 5.41) is 0. The molecule has 3 nitrogen and oxygen atoms in total. The zero-order chi connectivity index (χ0) is 14.0. The van der Waals surface area contributed by atoms with E-state index in [1.54, 1.807) is 19.0 Å². The number of hydrogen-bond acceptors (Lipinski definition) is 2. The molecule has 0 aliphatic rings. The number of carbonyl (C=O) groups is 1. The van der Waals surface area contributed by atoms with Crippen molar-refractivity contribution >= 4 is 5.91 Å². The molecule has 0 saturated carbocycles. The molecule has 2 N–H and O–H groups in total. The van der Waals surface area contributed by atoms with Crippen molar-refractivity contribution in [2.45, 2.75) is 40.2 Å².